The number of hydrogen-bond acceptors (Lipinski definition) is 6. The van der Waals surface area contributed by atoms with E-state index in [9.17, 15) is 14.7 Å². The monoisotopic (exact) mass is 521 g/mol. The van der Waals surface area contributed by atoms with Crippen LogP contribution in [0.4, 0.5) is 8.78 Å². The highest BCUT2D eigenvalue weighted by atomic mass is 19.1. The van der Waals surface area contributed by atoms with Crippen molar-refractivity contribution in [2.75, 3.05) is 13.2 Å². The van der Waals surface area contributed by atoms with Crippen molar-refractivity contribution in [1.82, 2.24) is 24.6 Å². The van der Waals surface area contributed by atoms with E-state index in [0.717, 1.165) is 17.4 Å². The third kappa shape index (κ3) is 4.59. The number of rotatable bonds is 6. The van der Waals surface area contributed by atoms with Gasteiger partial charge in [0, 0.05) is 36.3 Å². The Kier molecular flexibility index (Phi) is 6.24. The number of amides is 1. The van der Waals surface area contributed by atoms with Gasteiger partial charge in [0.15, 0.2) is 0 Å². The Morgan fingerprint density at radius 1 is 1.16 bits per heavy atom. The van der Waals surface area contributed by atoms with E-state index < -0.39 is 41.8 Å². The highest BCUT2D eigenvalue weighted by Crippen LogP contribution is 2.35. The fraction of sp³-hybridized carbons (Fsp3) is 0.333. The molecule has 2 N–H and O–H groups in total. The average molecular weight is 522 g/mol. The van der Waals surface area contributed by atoms with Crippen molar-refractivity contribution in [2.45, 2.75) is 44.0 Å². The summed E-state index contributed by atoms with van der Waals surface area (Å²) in [5.41, 5.74) is 0.329. The molecule has 0 spiro atoms. The molecule has 1 aromatic carbocycles. The van der Waals surface area contributed by atoms with Gasteiger partial charge in [-0.25, -0.2) is 8.78 Å². The Hall–Kier alpha value is -3.96. The second kappa shape index (κ2) is 9.73. The number of carbonyl (C=O) groups is 1. The molecule has 1 amide bonds. The van der Waals surface area contributed by atoms with E-state index in [-0.39, 0.29) is 28.6 Å². The summed E-state index contributed by atoms with van der Waals surface area (Å²) in [6.07, 6.45) is 7.67. The molecule has 0 radical (unpaired) electrons. The van der Waals surface area contributed by atoms with E-state index in [0.29, 0.717) is 30.2 Å². The molecular formula is C27H25F2N5O4. The van der Waals surface area contributed by atoms with Gasteiger partial charge in [0.05, 0.1) is 54.0 Å². The summed E-state index contributed by atoms with van der Waals surface area (Å²) >= 11 is 0. The van der Waals surface area contributed by atoms with Crippen molar-refractivity contribution in [3.05, 3.63) is 82.2 Å². The van der Waals surface area contributed by atoms with Gasteiger partial charge in [0.25, 0.3) is 11.5 Å². The van der Waals surface area contributed by atoms with E-state index in [1.165, 1.54) is 30.6 Å². The molecule has 1 saturated heterocycles. The molecule has 0 unspecified atom stereocenters. The topological polar surface area (TPSA) is 111 Å². The lowest BCUT2D eigenvalue weighted by Crippen LogP contribution is -2.48. The van der Waals surface area contributed by atoms with E-state index in [1.807, 2.05) is 0 Å². The first-order valence-electron chi connectivity index (χ1n) is 12.5. The van der Waals surface area contributed by atoms with Crippen molar-refractivity contribution < 1.29 is 23.4 Å². The molecule has 2 aliphatic rings. The first-order chi connectivity index (χ1) is 18.4. The van der Waals surface area contributed by atoms with Gasteiger partial charge >= 0.3 is 0 Å². The normalized spacial score (nSPS) is 19.6. The second-order valence-electron chi connectivity index (χ2n) is 9.74. The molecule has 11 heteroatoms. The average Bonchev–Trinajstić information content (AvgIpc) is 3.64. The maximum atomic E-state index is 15.2. The van der Waals surface area contributed by atoms with Crippen LogP contribution in [0.1, 0.15) is 41.2 Å². The summed E-state index contributed by atoms with van der Waals surface area (Å²) in [5.74, 6) is -2.18. The number of nitrogens with zero attached hydrogens (tertiary/aromatic N) is 4. The third-order valence-corrected chi connectivity index (χ3v) is 7.05. The predicted molar refractivity (Wildman–Crippen MR) is 134 cm³/mol. The molecule has 6 rings (SSSR count). The number of carbonyl (C=O) groups excluding carboxylic acids is 1. The van der Waals surface area contributed by atoms with Gasteiger partial charge < -0.3 is 19.7 Å². The molecule has 38 heavy (non-hydrogen) atoms. The fourth-order valence-electron chi connectivity index (χ4n) is 4.76. The van der Waals surface area contributed by atoms with Crippen LogP contribution in [-0.4, -0.2) is 55.7 Å². The fourth-order valence-corrected chi connectivity index (χ4v) is 4.76. The van der Waals surface area contributed by atoms with Crippen LogP contribution in [0, 0.1) is 11.6 Å². The second-order valence-corrected chi connectivity index (χ2v) is 9.74. The lowest BCUT2D eigenvalue weighted by atomic mass is 10.0. The van der Waals surface area contributed by atoms with E-state index in [2.05, 4.69) is 15.4 Å². The molecule has 2 fully saturated rings. The Morgan fingerprint density at radius 2 is 1.95 bits per heavy atom. The minimum Gasteiger partial charge on any atom is -0.389 e. The Bertz CT molecular complexity index is 1570. The highest BCUT2D eigenvalue weighted by Gasteiger charge is 2.28. The summed E-state index contributed by atoms with van der Waals surface area (Å²) < 4.78 is 38.5. The zero-order valence-electron chi connectivity index (χ0n) is 20.3. The van der Waals surface area contributed by atoms with Crippen molar-refractivity contribution >= 4 is 16.8 Å². The Balaban J connectivity index is 1.34. The van der Waals surface area contributed by atoms with Gasteiger partial charge in [-0.2, -0.15) is 5.10 Å². The van der Waals surface area contributed by atoms with Crippen LogP contribution in [0.25, 0.3) is 22.0 Å². The molecule has 0 bridgehead atoms. The lowest BCUT2D eigenvalue weighted by molar-refractivity contribution is -0.0260. The summed E-state index contributed by atoms with van der Waals surface area (Å²) in [6.45, 7) is 0.0545. The number of fused-ring (bicyclic) bond motifs is 1. The van der Waals surface area contributed by atoms with Crippen LogP contribution in [0.3, 0.4) is 0 Å². The first kappa shape index (κ1) is 24.4. The predicted octanol–water partition coefficient (Wildman–Crippen LogP) is 2.80. The van der Waals surface area contributed by atoms with Gasteiger partial charge in [-0.15, -0.1) is 0 Å². The van der Waals surface area contributed by atoms with Crippen LogP contribution in [-0.2, 0) is 11.3 Å². The van der Waals surface area contributed by atoms with Crippen molar-refractivity contribution in [1.29, 1.82) is 0 Å². The highest BCUT2D eigenvalue weighted by molar-refractivity contribution is 6.05. The number of pyridine rings is 2. The minimum absolute atomic E-state index is 0.0591. The number of ether oxygens (including phenoxy) is 1. The summed E-state index contributed by atoms with van der Waals surface area (Å²) in [5, 5.41) is 17.4. The smallest absolute Gasteiger partial charge is 0.260 e. The quantitative estimate of drug-likeness (QED) is 0.404. The number of aliphatic hydroxyl groups is 1. The molecule has 4 aromatic rings. The van der Waals surface area contributed by atoms with Gasteiger partial charge in [-0.05, 0) is 49.1 Å². The zero-order valence-corrected chi connectivity index (χ0v) is 20.3. The zero-order chi connectivity index (χ0) is 26.4. The minimum atomic E-state index is -0.879. The van der Waals surface area contributed by atoms with Gasteiger partial charge in [0.2, 0.25) is 0 Å². The largest absolute Gasteiger partial charge is 0.389 e. The van der Waals surface area contributed by atoms with Crippen LogP contribution < -0.4 is 10.9 Å². The number of aliphatic hydroxyl groups excluding tert-OH is 1. The van der Waals surface area contributed by atoms with Crippen LogP contribution in [0.2, 0.25) is 0 Å². The lowest BCUT2D eigenvalue weighted by Gasteiger charge is -2.28. The SMILES string of the molecule is O=C(N[C@H]1CCOC[C@@H]1O)c1cn(Cc2c(F)cc(-c3cnn(C4CC4)c3)cc2F)c(=O)c2cccnc12. The summed E-state index contributed by atoms with van der Waals surface area (Å²) in [6, 6.07) is 5.31. The van der Waals surface area contributed by atoms with Crippen molar-refractivity contribution in [3.8, 4) is 11.1 Å². The van der Waals surface area contributed by atoms with Crippen LogP contribution >= 0.6 is 0 Å². The molecular weight excluding hydrogens is 496 g/mol. The maximum Gasteiger partial charge on any atom is 0.260 e. The number of benzene rings is 1. The summed E-state index contributed by atoms with van der Waals surface area (Å²) in [7, 11) is 0. The van der Waals surface area contributed by atoms with Crippen LogP contribution in [0.5, 0.6) is 0 Å². The van der Waals surface area contributed by atoms with E-state index in [4.69, 9.17) is 4.74 Å². The first-order valence-corrected chi connectivity index (χ1v) is 12.5. The molecule has 1 aliphatic carbocycles. The molecule has 3 aromatic heterocycles. The van der Waals surface area contributed by atoms with Crippen LogP contribution in [0.15, 0.2) is 53.8 Å². The number of halogens is 2. The maximum absolute atomic E-state index is 15.2. The number of hydrogen-bond donors (Lipinski definition) is 2. The van der Waals surface area contributed by atoms with Gasteiger partial charge in [0.1, 0.15) is 11.6 Å². The number of aromatic nitrogens is 4. The standard InChI is InChI=1S/C27H25F2N5O4/c28-21-8-15(16-10-31-34(11-16)17-3-4-17)9-22(29)19(21)12-33-13-20(25-18(27(33)37)2-1-6-30-25)26(36)32-23-5-7-38-14-24(23)35/h1-2,6,8-11,13,17,23-24,35H,3-5,7,12,14H2,(H,32,36)/t23-,24-/m0/s1. The van der Waals surface area contributed by atoms with E-state index >= 15 is 8.78 Å². The third-order valence-electron chi connectivity index (χ3n) is 7.05. The summed E-state index contributed by atoms with van der Waals surface area (Å²) in [4.78, 5) is 30.6. The Morgan fingerprint density at radius 3 is 2.68 bits per heavy atom. The van der Waals surface area contributed by atoms with Crippen molar-refractivity contribution in [2.24, 2.45) is 0 Å². The molecule has 4 heterocycles. The molecule has 196 valence electrons. The van der Waals surface area contributed by atoms with Crippen molar-refractivity contribution in [3.63, 3.8) is 0 Å². The van der Waals surface area contributed by atoms with E-state index in [1.54, 1.807) is 23.1 Å². The molecule has 9 nitrogen and oxygen atoms in total. The number of nitrogens with one attached hydrogen (secondary N) is 1. The molecule has 1 saturated carbocycles. The molecule has 2 atom stereocenters. The van der Waals surface area contributed by atoms with Gasteiger partial charge in [-0.3, -0.25) is 19.3 Å². The Labute approximate surface area is 215 Å². The van der Waals surface area contributed by atoms with Gasteiger partial charge in [-0.1, -0.05) is 0 Å². The molecule has 1 aliphatic heterocycles.